The molecule has 0 radical (unpaired) electrons. The van der Waals surface area contributed by atoms with Crippen molar-refractivity contribution in [2.45, 2.75) is 40.0 Å². The van der Waals surface area contributed by atoms with E-state index in [4.69, 9.17) is 0 Å². The van der Waals surface area contributed by atoms with Gasteiger partial charge < -0.3 is 10.6 Å². The molecule has 0 aromatic heterocycles. The summed E-state index contributed by atoms with van der Waals surface area (Å²) in [6.45, 7) is 12.2. The van der Waals surface area contributed by atoms with Gasteiger partial charge in [-0.15, -0.1) is 30.6 Å². The zero-order chi connectivity index (χ0) is 12.4. The molecule has 0 fully saturated rings. The van der Waals surface area contributed by atoms with Crippen molar-refractivity contribution >= 4 is 29.9 Å². The third-order valence-corrected chi connectivity index (χ3v) is 2.28. The van der Waals surface area contributed by atoms with Crippen molar-refractivity contribution in [2.24, 2.45) is 10.4 Å². The lowest BCUT2D eigenvalue weighted by molar-refractivity contribution is 0.360. The van der Waals surface area contributed by atoms with Crippen molar-refractivity contribution in [3.05, 3.63) is 12.7 Å². The highest BCUT2D eigenvalue weighted by atomic mass is 127. The maximum absolute atomic E-state index is 4.12. The number of aliphatic imine (C=N–C) groups is 1. The normalized spacial score (nSPS) is 11.6. The van der Waals surface area contributed by atoms with Crippen LogP contribution in [0, 0.1) is 5.41 Å². The van der Waals surface area contributed by atoms with E-state index in [9.17, 15) is 0 Å². The smallest absolute Gasteiger partial charge is 0.191 e. The summed E-state index contributed by atoms with van der Waals surface area (Å²) in [7, 11) is 1.79. The molecule has 0 heterocycles. The van der Waals surface area contributed by atoms with Crippen molar-refractivity contribution in [3.8, 4) is 0 Å². The van der Waals surface area contributed by atoms with Crippen LogP contribution in [-0.2, 0) is 0 Å². The molecule has 0 unspecified atom stereocenters. The quantitative estimate of drug-likeness (QED) is 0.253. The van der Waals surface area contributed by atoms with Gasteiger partial charge >= 0.3 is 0 Å². The first-order valence-electron chi connectivity index (χ1n) is 6.05. The molecule has 0 saturated heterocycles. The van der Waals surface area contributed by atoms with Gasteiger partial charge in [0.05, 0.1) is 0 Å². The molecule has 0 aliphatic heterocycles. The topological polar surface area (TPSA) is 36.4 Å². The Kier molecular flexibility index (Phi) is 12.2. The maximum atomic E-state index is 4.12. The van der Waals surface area contributed by atoms with Gasteiger partial charge in [-0.05, 0) is 18.3 Å². The van der Waals surface area contributed by atoms with Gasteiger partial charge in [-0.25, -0.2) is 0 Å². The van der Waals surface area contributed by atoms with Crippen LogP contribution in [0.1, 0.15) is 40.0 Å². The van der Waals surface area contributed by atoms with Crippen LogP contribution in [0.2, 0.25) is 0 Å². The van der Waals surface area contributed by atoms with Crippen molar-refractivity contribution in [1.29, 1.82) is 0 Å². The van der Waals surface area contributed by atoms with Crippen molar-refractivity contribution in [3.63, 3.8) is 0 Å². The lowest BCUT2D eigenvalue weighted by Gasteiger charge is -2.17. The minimum atomic E-state index is 0. The van der Waals surface area contributed by atoms with E-state index in [0.29, 0.717) is 5.41 Å². The average Bonchev–Trinajstić information content (AvgIpc) is 2.20. The molecule has 0 bridgehead atoms. The first kappa shape index (κ1) is 19.1. The summed E-state index contributed by atoms with van der Waals surface area (Å²) in [5.41, 5.74) is 0.447. The first-order valence-corrected chi connectivity index (χ1v) is 6.05. The zero-order valence-electron chi connectivity index (χ0n) is 11.7. The minimum absolute atomic E-state index is 0. The van der Waals surface area contributed by atoms with Gasteiger partial charge in [0.2, 0.25) is 0 Å². The van der Waals surface area contributed by atoms with Crippen LogP contribution < -0.4 is 10.6 Å². The fraction of sp³-hybridized carbons (Fsp3) is 0.769. The Morgan fingerprint density at radius 1 is 1.24 bits per heavy atom. The monoisotopic (exact) mass is 353 g/mol. The molecule has 0 atom stereocenters. The van der Waals surface area contributed by atoms with Crippen LogP contribution >= 0.6 is 24.0 Å². The number of halogens is 1. The average molecular weight is 353 g/mol. The Labute approximate surface area is 124 Å². The largest absolute Gasteiger partial charge is 0.356 e. The summed E-state index contributed by atoms with van der Waals surface area (Å²) in [5, 5.41) is 6.43. The van der Waals surface area contributed by atoms with E-state index in [1.165, 1.54) is 19.3 Å². The Hall–Kier alpha value is -0.260. The van der Waals surface area contributed by atoms with E-state index in [-0.39, 0.29) is 24.0 Å². The van der Waals surface area contributed by atoms with E-state index in [1.54, 1.807) is 7.05 Å². The molecule has 0 saturated carbocycles. The number of rotatable bonds is 6. The molecule has 0 rings (SSSR count). The van der Waals surface area contributed by atoms with Crippen LogP contribution in [0.4, 0.5) is 0 Å². The van der Waals surface area contributed by atoms with Gasteiger partial charge in [0.15, 0.2) is 5.96 Å². The molecule has 0 spiro atoms. The fourth-order valence-corrected chi connectivity index (χ4v) is 1.38. The van der Waals surface area contributed by atoms with Crippen LogP contribution in [0.15, 0.2) is 17.6 Å². The third kappa shape index (κ3) is 13.7. The number of hydrogen-bond acceptors (Lipinski definition) is 1. The maximum Gasteiger partial charge on any atom is 0.191 e. The highest BCUT2D eigenvalue weighted by Crippen LogP contribution is 2.20. The standard InChI is InChI=1S/C13H27N3.HI/c1-6-10-15-12(14-5)16-11-8-7-9-13(2,3)4;/h6H,1,7-11H2,2-5H3,(H2,14,15,16);1H. The molecule has 0 aliphatic rings. The van der Waals surface area contributed by atoms with Crippen LogP contribution in [0.5, 0.6) is 0 Å². The van der Waals surface area contributed by atoms with Crippen LogP contribution in [-0.4, -0.2) is 26.1 Å². The summed E-state index contributed by atoms with van der Waals surface area (Å²) in [6.07, 6.45) is 5.54. The highest BCUT2D eigenvalue weighted by Gasteiger charge is 2.08. The van der Waals surface area contributed by atoms with E-state index >= 15 is 0 Å². The third-order valence-electron chi connectivity index (χ3n) is 2.28. The van der Waals surface area contributed by atoms with Crippen molar-refractivity contribution < 1.29 is 0 Å². The molecule has 3 nitrogen and oxygen atoms in total. The SMILES string of the molecule is C=CCNC(=NC)NCCCCC(C)(C)C.I. The zero-order valence-corrected chi connectivity index (χ0v) is 14.0. The van der Waals surface area contributed by atoms with Crippen molar-refractivity contribution in [1.82, 2.24) is 10.6 Å². The molecular weight excluding hydrogens is 325 g/mol. The predicted molar refractivity (Wildman–Crippen MR) is 88.3 cm³/mol. The molecule has 0 aromatic rings. The second kappa shape index (κ2) is 10.9. The Bertz CT molecular complexity index is 219. The summed E-state index contributed by atoms with van der Waals surface area (Å²) < 4.78 is 0. The number of unbranched alkanes of at least 4 members (excludes halogenated alkanes) is 1. The summed E-state index contributed by atoms with van der Waals surface area (Å²) >= 11 is 0. The van der Waals surface area contributed by atoms with E-state index in [1.807, 2.05) is 6.08 Å². The number of nitrogens with zero attached hydrogens (tertiary/aromatic N) is 1. The van der Waals surface area contributed by atoms with Gasteiger partial charge in [0.1, 0.15) is 0 Å². The van der Waals surface area contributed by atoms with Gasteiger partial charge in [-0.2, -0.15) is 0 Å². The van der Waals surface area contributed by atoms with Gasteiger partial charge in [-0.3, -0.25) is 4.99 Å². The van der Waals surface area contributed by atoms with E-state index < -0.39 is 0 Å². The highest BCUT2D eigenvalue weighted by molar-refractivity contribution is 14.0. The van der Waals surface area contributed by atoms with Gasteiger partial charge in [0, 0.05) is 20.1 Å². The summed E-state index contributed by atoms with van der Waals surface area (Å²) in [5.74, 6) is 0.857. The lowest BCUT2D eigenvalue weighted by atomic mass is 9.90. The molecule has 2 N–H and O–H groups in total. The molecule has 0 aliphatic carbocycles. The lowest BCUT2D eigenvalue weighted by Crippen LogP contribution is -2.37. The number of hydrogen-bond donors (Lipinski definition) is 2. The van der Waals surface area contributed by atoms with Gasteiger partial charge in [0.25, 0.3) is 0 Å². The fourth-order valence-electron chi connectivity index (χ4n) is 1.38. The molecule has 0 amide bonds. The van der Waals surface area contributed by atoms with Crippen LogP contribution in [0.25, 0.3) is 0 Å². The Morgan fingerprint density at radius 2 is 1.88 bits per heavy atom. The minimum Gasteiger partial charge on any atom is -0.356 e. The molecular formula is C13H28IN3. The van der Waals surface area contributed by atoms with E-state index in [0.717, 1.165) is 19.0 Å². The molecule has 17 heavy (non-hydrogen) atoms. The summed E-state index contributed by atoms with van der Waals surface area (Å²) in [6, 6.07) is 0. The Morgan fingerprint density at radius 3 is 2.35 bits per heavy atom. The second-order valence-electron chi connectivity index (χ2n) is 5.19. The predicted octanol–water partition coefficient (Wildman–Crippen LogP) is 3.17. The van der Waals surface area contributed by atoms with Crippen LogP contribution in [0.3, 0.4) is 0 Å². The molecule has 4 heteroatoms. The second-order valence-corrected chi connectivity index (χ2v) is 5.19. The van der Waals surface area contributed by atoms with E-state index in [2.05, 4.69) is 43.0 Å². The first-order chi connectivity index (χ1) is 7.49. The molecule has 102 valence electrons. The number of nitrogens with one attached hydrogen (secondary N) is 2. The summed E-state index contributed by atoms with van der Waals surface area (Å²) in [4.78, 5) is 4.12. The Balaban J connectivity index is 0. The molecule has 0 aromatic carbocycles. The number of guanidine groups is 1. The van der Waals surface area contributed by atoms with Gasteiger partial charge in [-0.1, -0.05) is 33.3 Å². The van der Waals surface area contributed by atoms with Crippen molar-refractivity contribution in [2.75, 3.05) is 20.1 Å².